The van der Waals surface area contributed by atoms with E-state index in [-0.39, 0.29) is 29.6 Å². The Morgan fingerprint density at radius 2 is 2.00 bits per heavy atom. The fourth-order valence-electron chi connectivity index (χ4n) is 4.11. The minimum absolute atomic E-state index is 0.0943. The van der Waals surface area contributed by atoms with Crippen LogP contribution in [0.3, 0.4) is 0 Å². The lowest BCUT2D eigenvalue weighted by Gasteiger charge is -2.49. The van der Waals surface area contributed by atoms with Gasteiger partial charge in [-0.25, -0.2) is 9.59 Å². The second-order valence-corrected chi connectivity index (χ2v) is 9.44. The predicted octanol–water partition coefficient (Wildman–Crippen LogP) is 3.04. The largest absolute Gasteiger partial charge is 0.509 e. The molecule has 1 amide bonds. The Kier molecular flexibility index (Phi) is 6.23. The molecular formula is C21H20N4O9S. The molecule has 1 aromatic carbocycles. The number of aliphatic carboxylic acids is 1. The Balaban J connectivity index is 1.40. The van der Waals surface area contributed by atoms with Crippen molar-refractivity contribution < 1.29 is 38.3 Å². The van der Waals surface area contributed by atoms with E-state index in [0.717, 1.165) is 11.8 Å². The summed E-state index contributed by atoms with van der Waals surface area (Å²) in [6.07, 6.45) is -0.811. The number of carboxylic acid groups (broad SMARTS) is 1. The molecule has 1 N–H and O–H groups in total. The van der Waals surface area contributed by atoms with Crippen LogP contribution in [-0.2, 0) is 25.7 Å². The molecule has 0 aliphatic carbocycles. The highest BCUT2D eigenvalue weighted by Crippen LogP contribution is 2.51. The maximum absolute atomic E-state index is 12.9. The molecule has 0 saturated carbocycles. The minimum atomic E-state index is -1.30. The van der Waals surface area contributed by atoms with Crippen molar-refractivity contribution in [2.75, 3.05) is 0 Å². The van der Waals surface area contributed by atoms with Gasteiger partial charge in [-0.05, 0) is 43.3 Å². The van der Waals surface area contributed by atoms with Gasteiger partial charge in [-0.1, -0.05) is 0 Å². The molecule has 14 heteroatoms. The highest BCUT2D eigenvalue weighted by Gasteiger charge is 2.61. The smallest absolute Gasteiger partial charge is 0.477 e. The lowest BCUT2D eigenvalue weighted by atomic mass is 9.76. The second-order valence-electron chi connectivity index (χ2n) is 8.39. The van der Waals surface area contributed by atoms with Gasteiger partial charge in [-0.2, -0.15) is 0 Å². The van der Waals surface area contributed by atoms with Gasteiger partial charge in [0.2, 0.25) is 11.8 Å². The summed E-state index contributed by atoms with van der Waals surface area (Å²) in [5.74, 6) is -2.23. The van der Waals surface area contributed by atoms with Crippen LogP contribution in [0.5, 0.6) is 0 Å². The molecule has 184 valence electrons. The number of non-ortho nitro benzene ring substituents is 1. The summed E-state index contributed by atoms with van der Waals surface area (Å²) in [5, 5.41) is 28.2. The third-order valence-corrected chi connectivity index (χ3v) is 6.59. The van der Waals surface area contributed by atoms with E-state index in [1.807, 2.05) is 0 Å². The Labute approximate surface area is 202 Å². The molecule has 2 aliphatic heterocycles. The van der Waals surface area contributed by atoms with Gasteiger partial charge in [0.15, 0.2) is 0 Å². The lowest BCUT2D eigenvalue weighted by molar-refractivity contribution is -0.384. The van der Waals surface area contributed by atoms with Crippen molar-refractivity contribution in [3.05, 3.63) is 56.4 Å². The average Bonchev–Trinajstić information content (AvgIpc) is 3.32. The van der Waals surface area contributed by atoms with Crippen molar-refractivity contribution in [1.82, 2.24) is 15.1 Å². The monoisotopic (exact) mass is 504 g/mol. The maximum atomic E-state index is 12.9. The molecule has 2 aliphatic rings. The molecule has 1 fully saturated rings. The number of rotatable bonds is 8. The van der Waals surface area contributed by atoms with Crippen LogP contribution >= 0.6 is 11.8 Å². The van der Waals surface area contributed by atoms with E-state index >= 15 is 0 Å². The number of thioether (sulfide) groups is 1. The number of aryl methyl sites for hydroxylation is 1. The van der Waals surface area contributed by atoms with E-state index in [2.05, 4.69) is 10.2 Å². The number of benzene rings is 1. The SMILES string of the molecule is Cc1nnc(SC2=C(C(=O)O)N3C(=O)[C@@H](C(C)(C)OC(=O)OCc4ccc([N+](=O)[O-])cc4)[C@H]3C2)o1. The van der Waals surface area contributed by atoms with Crippen molar-refractivity contribution in [3.8, 4) is 0 Å². The van der Waals surface area contributed by atoms with Crippen LogP contribution in [0.2, 0.25) is 0 Å². The first-order valence-corrected chi connectivity index (χ1v) is 11.2. The van der Waals surface area contributed by atoms with Crippen molar-refractivity contribution in [3.63, 3.8) is 0 Å². The first kappa shape index (κ1) is 24.2. The number of aromatic nitrogens is 2. The van der Waals surface area contributed by atoms with E-state index in [1.54, 1.807) is 20.8 Å². The number of amides is 1. The molecule has 4 rings (SSSR count). The summed E-state index contributed by atoms with van der Waals surface area (Å²) in [6.45, 7) is 4.52. The van der Waals surface area contributed by atoms with Gasteiger partial charge in [0, 0.05) is 30.4 Å². The average molecular weight is 504 g/mol. The number of hydrogen-bond donors (Lipinski definition) is 1. The van der Waals surface area contributed by atoms with Crippen LogP contribution in [0.15, 0.2) is 44.5 Å². The summed E-state index contributed by atoms with van der Waals surface area (Å²) in [4.78, 5) is 48.9. The number of hydrogen-bond acceptors (Lipinski definition) is 11. The van der Waals surface area contributed by atoms with E-state index in [4.69, 9.17) is 13.9 Å². The van der Waals surface area contributed by atoms with Gasteiger partial charge >= 0.3 is 12.1 Å². The number of ether oxygens (including phenoxy) is 2. The number of fused-ring (bicyclic) bond motifs is 1. The molecule has 35 heavy (non-hydrogen) atoms. The predicted molar refractivity (Wildman–Crippen MR) is 117 cm³/mol. The van der Waals surface area contributed by atoms with Crippen molar-refractivity contribution in [2.45, 2.75) is 50.7 Å². The summed E-state index contributed by atoms with van der Waals surface area (Å²) >= 11 is 0.983. The first-order valence-electron chi connectivity index (χ1n) is 10.3. The van der Waals surface area contributed by atoms with Crippen LogP contribution in [0, 0.1) is 23.0 Å². The highest BCUT2D eigenvalue weighted by molar-refractivity contribution is 8.02. The topological polar surface area (TPSA) is 175 Å². The van der Waals surface area contributed by atoms with E-state index in [9.17, 15) is 29.6 Å². The van der Waals surface area contributed by atoms with Gasteiger partial charge in [-0.3, -0.25) is 14.9 Å². The Morgan fingerprint density at radius 1 is 1.31 bits per heavy atom. The minimum Gasteiger partial charge on any atom is -0.477 e. The molecule has 1 aromatic heterocycles. The van der Waals surface area contributed by atoms with E-state index in [1.165, 1.54) is 29.2 Å². The Morgan fingerprint density at radius 3 is 2.57 bits per heavy atom. The zero-order valence-electron chi connectivity index (χ0n) is 18.8. The number of nitro benzene ring substituents is 1. The fraction of sp³-hybridized carbons (Fsp3) is 0.381. The molecular weight excluding hydrogens is 484 g/mol. The summed E-state index contributed by atoms with van der Waals surface area (Å²) in [7, 11) is 0. The maximum Gasteiger partial charge on any atom is 0.509 e. The van der Waals surface area contributed by atoms with E-state index < -0.39 is 40.5 Å². The molecule has 0 bridgehead atoms. The van der Waals surface area contributed by atoms with Crippen molar-refractivity contribution in [2.24, 2.45) is 5.92 Å². The third-order valence-electron chi connectivity index (χ3n) is 5.64. The standard InChI is InChI=1S/C21H20N4O9S/c1-10-22-23-19(33-10)35-14-8-13-15(17(26)24(13)16(14)18(27)28)21(2,3)34-20(29)32-9-11-4-6-12(7-5-11)25(30)31/h4-7,13,15H,8-9H2,1-3H3,(H,27,28)/t13-,15+/m1/s1. The van der Waals surface area contributed by atoms with Crippen molar-refractivity contribution >= 4 is 35.5 Å². The number of nitrogens with zero attached hydrogens (tertiary/aromatic N) is 4. The molecule has 13 nitrogen and oxygen atoms in total. The number of carboxylic acids is 1. The molecule has 3 heterocycles. The van der Waals surface area contributed by atoms with Gasteiger partial charge in [0.1, 0.15) is 17.9 Å². The van der Waals surface area contributed by atoms with Crippen LogP contribution in [-0.4, -0.2) is 54.8 Å². The molecule has 1 saturated heterocycles. The molecule has 0 unspecified atom stereocenters. The highest BCUT2D eigenvalue weighted by atomic mass is 32.2. The quantitative estimate of drug-likeness (QED) is 0.241. The second kappa shape index (κ2) is 9.02. The van der Waals surface area contributed by atoms with Crippen LogP contribution < -0.4 is 0 Å². The third kappa shape index (κ3) is 4.69. The summed E-state index contributed by atoms with van der Waals surface area (Å²) in [5.41, 5.74) is -1.03. The normalized spacial score (nSPS) is 19.3. The molecule has 0 spiro atoms. The Bertz CT molecular complexity index is 1240. The van der Waals surface area contributed by atoms with Crippen molar-refractivity contribution in [1.29, 1.82) is 0 Å². The van der Waals surface area contributed by atoms with Gasteiger partial charge < -0.3 is 23.9 Å². The molecule has 0 radical (unpaired) electrons. The fourth-order valence-corrected chi connectivity index (χ4v) is 5.10. The number of nitro groups is 1. The van der Waals surface area contributed by atoms with Gasteiger partial charge in [0.25, 0.3) is 10.9 Å². The Hall–Kier alpha value is -3.94. The van der Waals surface area contributed by atoms with Crippen LogP contribution in [0.1, 0.15) is 31.7 Å². The van der Waals surface area contributed by atoms with E-state index in [0.29, 0.717) is 16.4 Å². The first-order chi connectivity index (χ1) is 16.5. The van der Waals surface area contributed by atoms with Crippen LogP contribution in [0.25, 0.3) is 0 Å². The zero-order valence-corrected chi connectivity index (χ0v) is 19.6. The van der Waals surface area contributed by atoms with Crippen LogP contribution in [0.4, 0.5) is 10.5 Å². The lowest BCUT2D eigenvalue weighted by Crippen LogP contribution is -2.66. The van der Waals surface area contributed by atoms with Gasteiger partial charge in [0.05, 0.1) is 16.9 Å². The zero-order chi connectivity index (χ0) is 25.5. The summed E-state index contributed by atoms with van der Waals surface area (Å²) in [6, 6.07) is 4.94. The number of carbonyl (C=O) groups is 3. The summed E-state index contributed by atoms with van der Waals surface area (Å²) < 4.78 is 15.8. The number of carbonyl (C=O) groups excluding carboxylic acids is 2. The molecule has 2 aromatic rings. The molecule has 2 atom stereocenters. The number of β-lactam (4-membered cyclic amide) rings is 1. The van der Waals surface area contributed by atoms with Gasteiger partial charge in [-0.15, -0.1) is 10.2 Å².